The molecule has 1 atom stereocenters. The van der Waals surface area contributed by atoms with Crippen molar-refractivity contribution in [2.45, 2.75) is 58.2 Å². The maximum Gasteiger partial charge on any atom is 0.257 e. The van der Waals surface area contributed by atoms with Gasteiger partial charge in [-0.1, -0.05) is 130 Å². The van der Waals surface area contributed by atoms with Gasteiger partial charge < -0.3 is 37.8 Å². The highest BCUT2D eigenvalue weighted by Gasteiger charge is 2.33. The summed E-state index contributed by atoms with van der Waals surface area (Å²) in [6, 6.07) is 43.6. The quantitative estimate of drug-likeness (QED) is 0.0529. The molecular weight excluding hydrogens is 1030 g/mol. The van der Waals surface area contributed by atoms with Crippen molar-refractivity contribution in [1.29, 1.82) is 0 Å². The number of fused-ring (bicyclic) bond motifs is 3. The van der Waals surface area contributed by atoms with Gasteiger partial charge in [0, 0.05) is 73.9 Å². The second kappa shape index (κ2) is 26.7. The van der Waals surface area contributed by atoms with Crippen LogP contribution in [-0.4, -0.2) is 57.7 Å². The standard InChI is InChI=1S/C20H14FN3O2.C13H11N3O2.C13H11N3O.C7H4ClFO.C6H16Si/c21-14-8-6-13(7-9-14)19(25)24-18-17-16(11-23-20(17)26)15(10-22-18)12-4-2-1-3-5-12;14-11-10-9(12(17)16-13(10)18)8(6-15-11)7-4-2-1-3-5-7;14-12-11-10(7-16-13(11)17)9(6-15-12)8-4-2-1-3-5-8;8-7(10)5-1-3-6(9)4-2-5;1-4-7(5-2)6-3/h1-10H,11H2,(H,23,26)(H,22,24,25);1-6,12,17H,(H2,14,15)(H,16,18);1-6H,7H2,(H2,14,15)(H,16,17);1-4H;7H,4-6H2,1-3H3. The number of anilines is 3. The van der Waals surface area contributed by atoms with Gasteiger partial charge in [-0.2, -0.15) is 0 Å². The third kappa shape index (κ3) is 13.7. The van der Waals surface area contributed by atoms with Gasteiger partial charge in [-0.05, 0) is 87.9 Å². The molecule has 11 rings (SSSR count). The average Bonchev–Trinajstić information content (AvgIpc) is 4.16. The summed E-state index contributed by atoms with van der Waals surface area (Å²) in [7, 11) is -0.171. The van der Waals surface area contributed by atoms with Crippen LogP contribution in [0.1, 0.15) is 95.5 Å². The molecule has 3 aliphatic heterocycles. The molecule has 8 aromatic rings. The molecule has 9 N–H and O–H groups in total. The molecule has 0 bridgehead atoms. The summed E-state index contributed by atoms with van der Waals surface area (Å²) in [5.74, 6) is -1.42. The average molecular weight is 1090 g/mol. The summed E-state index contributed by atoms with van der Waals surface area (Å²) >= 11 is 5.09. The molecule has 0 spiro atoms. The number of benzene rings is 5. The van der Waals surface area contributed by atoms with Crippen LogP contribution < -0.4 is 32.7 Å². The number of aromatic nitrogens is 3. The van der Waals surface area contributed by atoms with E-state index >= 15 is 0 Å². The Hall–Kier alpha value is -8.97. The minimum Gasteiger partial charge on any atom is -0.383 e. The summed E-state index contributed by atoms with van der Waals surface area (Å²) < 4.78 is 25.2. The number of nitrogens with two attached hydrogens (primary N) is 2. The van der Waals surface area contributed by atoms with Crippen LogP contribution in [0.3, 0.4) is 0 Å². The number of hydrogen-bond donors (Lipinski definition) is 7. The lowest BCUT2D eigenvalue weighted by Crippen LogP contribution is -2.18. The highest BCUT2D eigenvalue weighted by Crippen LogP contribution is 2.36. The molecule has 0 fully saturated rings. The minimum atomic E-state index is -1.03. The summed E-state index contributed by atoms with van der Waals surface area (Å²) in [6.45, 7) is 7.86. The van der Waals surface area contributed by atoms with E-state index in [2.05, 4.69) is 57.0 Å². The van der Waals surface area contributed by atoms with Crippen LogP contribution in [0.25, 0.3) is 33.4 Å². The van der Waals surface area contributed by atoms with Crippen LogP contribution in [0.2, 0.25) is 18.1 Å². The smallest absolute Gasteiger partial charge is 0.257 e. The zero-order valence-electron chi connectivity index (χ0n) is 42.8. The van der Waals surface area contributed by atoms with Crippen molar-refractivity contribution in [2.24, 2.45) is 0 Å². The van der Waals surface area contributed by atoms with Crippen molar-refractivity contribution in [3.8, 4) is 33.4 Å². The van der Waals surface area contributed by atoms with E-state index in [1.807, 2.05) is 91.0 Å². The van der Waals surface area contributed by atoms with Crippen molar-refractivity contribution in [3.05, 3.63) is 214 Å². The number of nitrogens with one attached hydrogen (secondary N) is 4. The van der Waals surface area contributed by atoms with E-state index in [1.165, 1.54) is 66.7 Å². The van der Waals surface area contributed by atoms with E-state index < -0.39 is 23.2 Å². The van der Waals surface area contributed by atoms with Gasteiger partial charge in [-0.15, -0.1) is 0 Å². The molecule has 1 unspecified atom stereocenters. The summed E-state index contributed by atoms with van der Waals surface area (Å²) in [5, 5.41) is 20.0. The molecule has 398 valence electrons. The van der Waals surface area contributed by atoms with Crippen molar-refractivity contribution in [1.82, 2.24) is 30.9 Å². The highest BCUT2D eigenvalue weighted by atomic mass is 35.5. The Morgan fingerprint density at radius 2 is 1.00 bits per heavy atom. The highest BCUT2D eigenvalue weighted by molar-refractivity contribution is 6.67. The molecule has 0 aliphatic carbocycles. The van der Waals surface area contributed by atoms with Gasteiger partial charge in [0.1, 0.15) is 29.1 Å². The van der Waals surface area contributed by atoms with Gasteiger partial charge in [-0.25, -0.2) is 23.7 Å². The Kier molecular flexibility index (Phi) is 19.4. The Balaban J connectivity index is 0.000000151. The maximum absolute atomic E-state index is 13.0. The van der Waals surface area contributed by atoms with Gasteiger partial charge >= 0.3 is 0 Å². The first-order valence-electron chi connectivity index (χ1n) is 24.9. The molecule has 6 heterocycles. The third-order valence-corrected chi connectivity index (χ3v) is 16.7. The molecule has 3 aromatic heterocycles. The number of halogens is 3. The maximum atomic E-state index is 13.0. The SMILES string of the molecule is CC[SiH](CC)CC.Nc1ncc(-c2ccccc2)c2c1C(=O)NC2.Nc1ncc(-c2ccccc2)c2c1C(=O)NC2O.O=C(Cl)c1ccc(F)cc1.O=C(Nc1ncc(-c2ccccc2)c2c1C(=O)NC2)c1ccc(F)cc1. The number of carbonyl (C=O) groups is 5. The molecule has 15 nitrogen and oxygen atoms in total. The van der Waals surface area contributed by atoms with Crippen LogP contribution in [0.5, 0.6) is 0 Å². The Morgan fingerprint density at radius 3 is 1.46 bits per heavy atom. The fraction of sp³-hybridized carbons (Fsp3) is 0.153. The number of carbonyl (C=O) groups excluding carboxylic acids is 5. The second-order valence-corrected chi connectivity index (χ2v) is 22.3. The van der Waals surface area contributed by atoms with Gasteiger partial charge in [0.25, 0.3) is 28.9 Å². The van der Waals surface area contributed by atoms with Crippen molar-refractivity contribution in [2.75, 3.05) is 16.8 Å². The van der Waals surface area contributed by atoms with E-state index in [0.29, 0.717) is 46.7 Å². The van der Waals surface area contributed by atoms with Crippen LogP contribution in [-0.2, 0) is 13.1 Å². The van der Waals surface area contributed by atoms with Gasteiger partial charge in [0.15, 0.2) is 6.23 Å². The van der Waals surface area contributed by atoms with Crippen LogP contribution in [0.4, 0.5) is 26.2 Å². The molecule has 3 aliphatic rings. The number of hydrogen-bond acceptors (Lipinski definition) is 11. The number of pyridine rings is 3. The lowest BCUT2D eigenvalue weighted by molar-refractivity contribution is 0.0849. The topological polar surface area (TPSA) is 244 Å². The Labute approximate surface area is 456 Å². The third-order valence-electron chi connectivity index (χ3n) is 13.0. The zero-order chi connectivity index (χ0) is 55.9. The Bertz CT molecular complexity index is 3430. The van der Waals surface area contributed by atoms with Gasteiger partial charge in [0.05, 0.1) is 16.7 Å². The van der Waals surface area contributed by atoms with Crippen LogP contribution >= 0.6 is 11.6 Å². The molecular formula is C59H56ClF2N9O6Si. The lowest BCUT2D eigenvalue weighted by Gasteiger charge is -2.11. The zero-order valence-corrected chi connectivity index (χ0v) is 44.7. The van der Waals surface area contributed by atoms with Crippen molar-refractivity contribution < 1.29 is 37.9 Å². The summed E-state index contributed by atoms with van der Waals surface area (Å²) in [6.07, 6.45) is 3.92. The predicted molar refractivity (Wildman–Crippen MR) is 302 cm³/mol. The molecule has 0 saturated heterocycles. The fourth-order valence-corrected chi connectivity index (χ4v) is 10.6. The molecule has 0 saturated carbocycles. The van der Waals surface area contributed by atoms with E-state index in [1.54, 1.807) is 18.6 Å². The minimum absolute atomic E-state index is 0.136. The molecule has 0 radical (unpaired) electrons. The number of amides is 4. The predicted octanol–water partition coefficient (Wildman–Crippen LogP) is 10.5. The van der Waals surface area contributed by atoms with E-state index in [9.17, 15) is 37.9 Å². The van der Waals surface area contributed by atoms with E-state index in [0.717, 1.165) is 38.9 Å². The molecule has 5 aromatic carbocycles. The van der Waals surface area contributed by atoms with Crippen molar-refractivity contribution in [3.63, 3.8) is 0 Å². The van der Waals surface area contributed by atoms with Gasteiger partial charge in [-0.3, -0.25) is 24.0 Å². The molecule has 19 heteroatoms. The number of rotatable bonds is 9. The monoisotopic (exact) mass is 1090 g/mol. The number of aliphatic hydroxyl groups excluding tert-OH is 1. The summed E-state index contributed by atoms with van der Waals surface area (Å²) in [4.78, 5) is 70.8. The molecule has 4 amide bonds. The normalized spacial score (nSPS) is 13.2. The van der Waals surface area contributed by atoms with Gasteiger partial charge in [0.2, 0.25) is 0 Å². The Morgan fingerprint density at radius 1 is 0.590 bits per heavy atom. The van der Waals surface area contributed by atoms with E-state index in [4.69, 9.17) is 23.1 Å². The number of nitrogens with zero attached hydrogens (tertiary/aromatic N) is 3. The van der Waals surface area contributed by atoms with Crippen LogP contribution in [0, 0.1) is 11.6 Å². The fourth-order valence-electron chi connectivity index (χ4n) is 8.73. The summed E-state index contributed by atoms with van der Waals surface area (Å²) in [5.41, 5.74) is 20.8. The van der Waals surface area contributed by atoms with Crippen LogP contribution in [0.15, 0.2) is 158 Å². The first-order chi connectivity index (χ1) is 37.6. The second-order valence-electron chi connectivity index (χ2n) is 17.8. The first-order valence-corrected chi connectivity index (χ1v) is 27.8. The number of nitrogen functional groups attached to an aromatic ring is 2. The number of aliphatic hydroxyl groups is 1. The first kappa shape index (κ1) is 56.7. The molecule has 78 heavy (non-hydrogen) atoms. The van der Waals surface area contributed by atoms with Crippen molar-refractivity contribution >= 4 is 66.7 Å². The van der Waals surface area contributed by atoms with E-state index in [-0.39, 0.29) is 55.1 Å². The lowest BCUT2D eigenvalue weighted by atomic mass is 9.98. The largest absolute Gasteiger partial charge is 0.383 e.